The van der Waals surface area contributed by atoms with E-state index < -0.39 is 10.0 Å². The molecule has 164 valence electrons. The van der Waals surface area contributed by atoms with Gasteiger partial charge in [-0.1, -0.05) is 35.9 Å². The molecule has 0 spiro atoms. The van der Waals surface area contributed by atoms with Crippen LogP contribution in [-0.2, 0) is 23.0 Å². The molecule has 30 heavy (non-hydrogen) atoms. The van der Waals surface area contributed by atoms with Gasteiger partial charge in [0.1, 0.15) is 5.75 Å². The van der Waals surface area contributed by atoms with Gasteiger partial charge in [-0.3, -0.25) is 4.90 Å². The van der Waals surface area contributed by atoms with Crippen molar-refractivity contribution in [3.8, 4) is 5.75 Å². The SMILES string of the molecule is COc1ccc(S(=O)(=O)N2CCC(CN3CCc4ccccc4C3)CC2)cc1Cl.Cl. The zero-order valence-electron chi connectivity index (χ0n) is 17.1. The van der Waals surface area contributed by atoms with E-state index in [2.05, 4.69) is 29.2 Å². The lowest BCUT2D eigenvalue weighted by molar-refractivity contribution is 0.171. The van der Waals surface area contributed by atoms with Crippen molar-refractivity contribution in [1.82, 2.24) is 9.21 Å². The van der Waals surface area contributed by atoms with Crippen LogP contribution in [0.1, 0.15) is 24.0 Å². The molecule has 2 heterocycles. The van der Waals surface area contributed by atoms with Gasteiger partial charge in [-0.25, -0.2) is 8.42 Å². The highest BCUT2D eigenvalue weighted by Gasteiger charge is 2.31. The summed E-state index contributed by atoms with van der Waals surface area (Å²) < 4.78 is 32.7. The minimum Gasteiger partial charge on any atom is -0.495 e. The summed E-state index contributed by atoms with van der Waals surface area (Å²) in [7, 11) is -2.01. The first-order valence-electron chi connectivity index (χ1n) is 10.1. The van der Waals surface area contributed by atoms with E-state index in [1.165, 1.54) is 24.3 Å². The van der Waals surface area contributed by atoms with Crippen molar-refractivity contribution in [3.05, 3.63) is 58.6 Å². The van der Waals surface area contributed by atoms with Gasteiger partial charge in [0.15, 0.2) is 0 Å². The first-order valence-corrected chi connectivity index (χ1v) is 11.9. The van der Waals surface area contributed by atoms with Gasteiger partial charge in [0.2, 0.25) is 10.0 Å². The zero-order chi connectivity index (χ0) is 20.4. The third-order valence-electron chi connectivity index (χ3n) is 6.06. The van der Waals surface area contributed by atoms with Gasteiger partial charge >= 0.3 is 0 Å². The molecule has 0 unspecified atom stereocenters. The molecule has 8 heteroatoms. The molecule has 4 rings (SSSR count). The number of piperidine rings is 1. The lowest BCUT2D eigenvalue weighted by atomic mass is 9.94. The molecule has 0 radical (unpaired) electrons. The Balaban J connectivity index is 0.00000256. The van der Waals surface area contributed by atoms with E-state index in [1.807, 2.05) is 0 Å². The minimum absolute atomic E-state index is 0. The van der Waals surface area contributed by atoms with Crippen LogP contribution < -0.4 is 4.74 Å². The molecular formula is C22H28Cl2N2O3S. The third-order valence-corrected chi connectivity index (χ3v) is 8.25. The Morgan fingerprint density at radius 2 is 1.77 bits per heavy atom. The molecule has 2 aliphatic heterocycles. The van der Waals surface area contributed by atoms with E-state index in [4.69, 9.17) is 16.3 Å². The largest absolute Gasteiger partial charge is 0.495 e. The lowest BCUT2D eigenvalue weighted by Gasteiger charge is -2.36. The summed E-state index contributed by atoms with van der Waals surface area (Å²) in [5.41, 5.74) is 2.89. The number of sulfonamides is 1. The number of hydrogen-bond donors (Lipinski definition) is 0. The molecule has 1 fully saturated rings. The van der Waals surface area contributed by atoms with Crippen molar-refractivity contribution in [1.29, 1.82) is 0 Å². The Kier molecular flexibility index (Phi) is 7.69. The van der Waals surface area contributed by atoms with Gasteiger partial charge in [0.05, 0.1) is 17.0 Å². The number of benzene rings is 2. The van der Waals surface area contributed by atoms with Gasteiger partial charge in [-0.15, -0.1) is 12.4 Å². The molecule has 0 aliphatic carbocycles. The quantitative estimate of drug-likeness (QED) is 0.655. The van der Waals surface area contributed by atoms with E-state index in [9.17, 15) is 8.42 Å². The average molecular weight is 471 g/mol. The van der Waals surface area contributed by atoms with Crippen molar-refractivity contribution >= 4 is 34.0 Å². The average Bonchev–Trinajstić information content (AvgIpc) is 2.74. The molecular weight excluding hydrogens is 443 g/mol. The Hall–Kier alpha value is -1.31. The van der Waals surface area contributed by atoms with Crippen LogP contribution in [0, 0.1) is 5.92 Å². The highest BCUT2D eigenvalue weighted by Crippen LogP contribution is 2.30. The van der Waals surface area contributed by atoms with Crippen LogP contribution >= 0.6 is 24.0 Å². The molecule has 1 saturated heterocycles. The van der Waals surface area contributed by atoms with Crippen LogP contribution in [0.25, 0.3) is 0 Å². The second-order valence-corrected chi connectivity index (χ2v) is 10.2. The van der Waals surface area contributed by atoms with Gasteiger partial charge in [-0.2, -0.15) is 4.31 Å². The maximum Gasteiger partial charge on any atom is 0.243 e. The number of hydrogen-bond acceptors (Lipinski definition) is 4. The van der Waals surface area contributed by atoms with Crippen molar-refractivity contribution in [3.63, 3.8) is 0 Å². The van der Waals surface area contributed by atoms with Crippen LogP contribution in [0.4, 0.5) is 0 Å². The summed E-state index contributed by atoms with van der Waals surface area (Å²) in [6, 6.07) is 13.3. The van der Waals surface area contributed by atoms with Crippen LogP contribution in [-0.4, -0.2) is 50.9 Å². The molecule has 0 N–H and O–H groups in total. The number of methoxy groups -OCH3 is 1. The van der Waals surface area contributed by atoms with Crippen molar-refractivity contribution in [2.45, 2.75) is 30.7 Å². The Labute approximate surface area is 190 Å². The summed E-state index contributed by atoms with van der Waals surface area (Å²) >= 11 is 6.13. The molecule has 0 amide bonds. The number of nitrogens with zero attached hydrogens (tertiary/aromatic N) is 2. The van der Waals surface area contributed by atoms with E-state index >= 15 is 0 Å². The Bertz CT molecular complexity index is 976. The summed E-state index contributed by atoms with van der Waals surface area (Å²) in [4.78, 5) is 2.75. The van der Waals surface area contributed by atoms with Crippen LogP contribution in [0.3, 0.4) is 0 Å². The molecule has 0 bridgehead atoms. The normalized spacial score (nSPS) is 18.5. The number of rotatable bonds is 5. The first kappa shape index (κ1) is 23.4. The Morgan fingerprint density at radius 1 is 1.07 bits per heavy atom. The monoisotopic (exact) mass is 470 g/mol. The number of halogens is 2. The predicted octanol–water partition coefficient (Wildman–Crippen LogP) is 4.23. The Morgan fingerprint density at radius 3 is 2.43 bits per heavy atom. The summed E-state index contributed by atoms with van der Waals surface area (Å²) in [5, 5.41) is 0.314. The summed E-state index contributed by atoms with van der Waals surface area (Å²) in [6.07, 6.45) is 2.88. The molecule has 0 saturated carbocycles. The highest BCUT2D eigenvalue weighted by molar-refractivity contribution is 7.89. The molecule has 2 aliphatic rings. The fourth-order valence-electron chi connectivity index (χ4n) is 4.36. The van der Waals surface area contributed by atoms with E-state index in [0.29, 0.717) is 29.8 Å². The number of fused-ring (bicyclic) bond motifs is 1. The van der Waals surface area contributed by atoms with Crippen molar-refractivity contribution < 1.29 is 13.2 Å². The molecule has 2 aromatic rings. The van der Waals surface area contributed by atoms with Gasteiger partial charge in [-0.05, 0) is 54.5 Å². The van der Waals surface area contributed by atoms with Crippen LogP contribution in [0.2, 0.25) is 5.02 Å². The fraction of sp³-hybridized carbons (Fsp3) is 0.455. The topological polar surface area (TPSA) is 49.9 Å². The second-order valence-electron chi connectivity index (χ2n) is 7.90. The molecule has 2 aromatic carbocycles. The molecule has 5 nitrogen and oxygen atoms in total. The van der Waals surface area contributed by atoms with Crippen LogP contribution in [0.5, 0.6) is 5.75 Å². The molecule has 0 atom stereocenters. The predicted molar refractivity (Wildman–Crippen MR) is 122 cm³/mol. The van der Waals surface area contributed by atoms with Crippen molar-refractivity contribution in [2.24, 2.45) is 5.92 Å². The van der Waals surface area contributed by atoms with Crippen LogP contribution in [0.15, 0.2) is 47.4 Å². The van der Waals surface area contributed by atoms with Gasteiger partial charge in [0.25, 0.3) is 0 Å². The van der Waals surface area contributed by atoms with E-state index in [0.717, 1.165) is 38.9 Å². The maximum absolute atomic E-state index is 13.0. The van der Waals surface area contributed by atoms with Gasteiger partial charge < -0.3 is 4.74 Å². The van der Waals surface area contributed by atoms with E-state index in [1.54, 1.807) is 16.4 Å². The third kappa shape index (κ3) is 4.94. The summed E-state index contributed by atoms with van der Waals surface area (Å²) in [5.74, 6) is 1.01. The highest BCUT2D eigenvalue weighted by atomic mass is 35.5. The second kappa shape index (κ2) is 9.88. The maximum atomic E-state index is 13.0. The first-order chi connectivity index (χ1) is 14.0. The zero-order valence-corrected chi connectivity index (χ0v) is 19.5. The van der Waals surface area contributed by atoms with E-state index in [-0.39, 0.29) is 17.3 Å². The standard InChI is InChI=1S/C22H27ClN2O3S.ClH/c1-28-22-7-6-20(14-21(22)23)29(26,27)25-12-8-17(9-13-25)15-24-11-10-18-4-2-3-5-19(18)16-24;/h2-7,14,17H,8-13,15-16H2,1H3;1H. The minimum atomic E-state index is -3.53. The smallest absolute Gasteiger partial charge is 0.243 e. The van der Waals surface area contributed by atoms with Gasteiger partial charge in [0, 0.05) is 32.7 Å². The van der Waals surface area contributed by atoms with Crippen molar-refractivity contribution in [2.75, 3.05) is 33.3 Å². The lowest BCUT2D eigenvalue weighted by Crippen LogP contribution is -2.42. The fourth-order valence-corrected chi connectivity index (χ4v) is 6.18. The summed E-state index contributed by atoms with van der Waals surface area (Å²) in [6.45, 7) is 4.23. The molecule has 0 aromatic heterocycles. The number of ether oxygens (including phenoxy) is 1.